The van der Waals surface area contributed by atoms with E-state index in [1.807, 2.05) is 35.8 Å². The Morgan fingerprint density at radius 1 is 1.08 bits per heavy atom. The zero-order valence-corrected chi connectivity index (χ0v) is 22.2. The van der Waals surface area contributed by atoms with E-state index < -0.39 is 6.09 Å². The fourth-order valence-corrected chi connectivity index (χ4v) is 5.66. The predicted molar refractivity (Wildman–Crippen MR) is 143 cm³/mol. The van der Waals surface area contributed by atoms with Crippen LogP contribution in [0.3, 0.4) is 0 Å². The van der Waals surface area contributed by atoms with E-state index >= 15 is 0 Å². The van der Waals surface area contributed by atoms with Gasteiger partial charge in [0.1, 0.15) is 5.82 Å². The molecule has 1 spiro atoms. The molecule has 2 saturated heterocycles. The summed E-state index contributed by atoms with van der Waals surface area (Å²) in [5.41, 5.74) is 1.21. The minimum atomic E-state index is -0.839. The van der Waals surface area contributed by atoms with Gasteiger partial charge in [-0.15, -0.1) is 11.8 Å². The summed E-state index contributed by atoms with van der Waals surface area (Å²) in [6.07, 6.45) is 9.37. The van der Waals surface area contributed by atoms with Gasteiger partial charge < -0.3 is 25.5 Å². The van der Waals surface area contributed by atoms with Crippen molar-refractivity contribution in [2.24, 2.45) is 17.3 Å². The van der Waals surface area contributed by atoms with Crippen LogP contribution in [0.4, 0.5) is 16.6 Å². The lowest BCUT2D eigenvalue weighted by molar-refractivity contribution is -0.137. The summed E-state index contributed by atoms with van der Waals surface area (Å²) < 4.78 is 0. The van der Waals surface area contributed by atoms with E-state index in [4.69, 9.17) is 5.11 Å². The maximum Gasteiger partial charge on any atom is 0.407 e. The molecule has 2 aromatic rings. The van der Waals surface area contributed by atoms with Gasteiger partial charge >= 0.3 is 6.09 Å². The Morgan fingerprint density at radius 3 is 2.41 bits per heavy atom. The van der Waals surface area contributed by atoms with Crippen molar-refractivity contribution in [1.29, 1.82) is 0 Å². The Hall–Kier alpha value is -3.08. The van der Waals surface area contributed by atoms with Gasteiger partial charge in [-0.1, -0.05) is 13.0 Å². The largest absolute Gasteiger partial charge is 0.465 e. The number of thioether (sulfide) groups is 1. The third-order valence-electron chi connectivity index (χ3n) is 7.89. The van der Waals surface area contributed by atoms with Crippen LogP contribution in [0.15, 0.2) is 35.6 Å². The number of hydrogen-bond acceptors (Lipinski definition) is 8. The fourth-order valence-electron chi connectivity index (χ4n) is 5.35. The quantitative estimate of drug-likeness (QED) is 0.422. The molecule has 1 aliphatic carbocycles. The Kier molecular flexibility index (Phi) is 7.41. The van der Waals surface area contributed by atoms with E-state index in [9.17, 15) is 9.59 Å². The summed E-state index contributed by atoms with van der Waals surface area (Å²) in [4.78, 5) is 41.8. The van der Waals surface area contributed by atoms with Crippen molar-refractivity contribution < 1.29 is 14.7 Å². The third kappa shape index (κ3) is 5.92. The summed E-state index contributed by atoms with van der Waals surface area (Å²) in [6.45, 7) is 6.37. The van der Waals surface area contributed by atoms with Gasteiger partial charge in [-0.05, 0) is 49.0 Å². The summed E-state index contributed by atoms with van der Waals surface area (Å²) in [5, 5.41) is 15.8. The van der Waals surface area contributed by atoms with Crippen LogP contribution in [0.2, 0.25) is 0 Å². The molecule has 0 bridgehead atoms. The molecule has 0 radical (unpaired) electrons. The summed E-state index contributed by atoms with van der Waals surface area (Å²) in [6, 6.07) is 4.08. The minimum absolute atomic E-state index is 0.0462. The number of carboxylic acid groups (broad SMARTS) is 1. The van der Waals surface area contributed by atoms with Crippen molar-refractivity contribution in [1.82, 2.24) is 24.8 Å². The summed E-state index contributed by atoms with van der Waals surface area (Å²) in [5.74, 6) is 2.35. The molecule has 2 aromatic heterocycles. The number of aromatic nitrogens is 3. The third-order valence-corrected chi connectivity index (χ3v) is 8.57. The molecule has 37 heavy (non-hydrogen) atoms. The first-order valence-electron chi connectivity index (χ1n) is 12.9. The lowest BCUT2D eigenvalue weighted by Gasteiger charge is -2.52. The lowest BCUT2D eigenvalue weighted by atomic mass is 9.72. The standard InChI is InChI=1S/C26H35N7O3S/c1-17(11-29-24-30-13-19(37-2)14-31-24)10-27-22-4-3-18(12-28-22)20-9-21(20)23(34)32-7-5-26(6-8-32)15-33(16-26)25(35)36/h3-4,12-14,17,20-21H,5-11,15-16H2,1-2H3,(H,27,28)(H,35,36)(H,29,30,31)/t17-,20?,21?/m1/s1. The van der Waals surface area contributed by atoms with E-state index in [0.29, 0.717) is 25.0 Å². The van der Waals surface area contributed by atoms with E-state index in [1.54, 1.807) is 11.8 Å². The van der Waals surface area contributed by atoms with Crippen LogP contribution in [-0.2, 0) is 4.79 Å². The molecular weight excluding hydrogens is 490 g/mol. The first-order chi connectivity index (χ1) is 17.9. The molecule has 1 saturated carbocycles. The van der Waals surface area contributed by atoms with Gasteiger partial charge in [-0.2, -0.15) is 0 Å². The monoisotopic (exact) mass is 525 g/mol. The van der Waals surface area contributed by atoms with Gasteiger partial charge in [-0.3, -0.25) is 4.79 Å². The molecular formula is C26H35N7O3S. The smallest absolute Gasteiger partial charge is 0.407 e. The average molecular weight is 526 g/mol. The molecule has 4 heterocycles. The van der Waals surface area contributed by atoms with Crippen molar-refractivity contribution in [3.63, 3.8) is 0 Å². The van der Waals surface area contributed by atoms with Crippen molar-refractivity contribution in [2.45, 2.75) is 37.0 Å². The number of carbonyl (C=O) groups is 2. The van der Waals surface area contributed by atoms with Gasteiger partial charge in [0.05, 0.1) is 0 Å². The van der Waals surface area contributed by atoms with Gasteiger partial charge in [0.2, 0.25) is 11.9 Å². The zero-order valence-electron chi connectivity index (χ0n) is 21.4. The number of hydrogen-bond donors (Lipinski definition) is 3. The molecule has 2 aliphatic heterocycles. The van der Waals surface area contributed by atoms with Crippen LogP contribution in [0.25, 0.3) is 0 Å². The van der Waals surface area contributed by atoms with Crippen molar-refractivity contribution in [3.8, 4) is 0 Å². The number of piperidine rings is 1. The van der Waals surface area contributed by atoms with E-state index in [0.717, 1.165) is 61.7 Å². The van der Waals surface area contributed by atoms with Crippen molar-refractivity contribution >= 4 is 35.5 Å². The number of likely N-dealkylation sites (tertiary alicyclic amines) is 2. The molecule has 5 rings (SSSR count). The highest BCUT2D eigenvalue weighted by atomic mass is 32.2. The van der Waals surface area contributed by atoms with Gasteiger partial charge in [0.15, 0.2) is 0 Å². The van der Waals surface area contributed by atoms with Crippen molar-refractivity contribution in [2.75, 3.05) is 56.2 Å². The number of amides is 2. The molecule has 2 amide bonds. The number of anilines is 2. The van der Waals surface area contributed by atoms with Crippen LogP contribution in [0.1, 0.15) is 37.7 Å². The molecule has 2 unspecified atom stereocenters. The van der Waals surface area contributed by atoms with E-state index in [-0.39, 0.29) is 23.2 Å². The zero-order chi connectivity index (χ0) is 26.0. The normalized spacial score (nSPS) is 22.8. The molecule has 11 heteroatoms. The van der Waals surface area contributed by atoms with Crippen LogP contribution >= 0.6 is 11.8 Å². The average Bonchev–Trinajstić information content (AvgIpc) is 3.70. The van der Waals surface area contributed by atoms with Gasteiger partial charge in [0, 0.05) is 74.1 Å². The van der Waals surface area contributed by atoms with Crippen LogP contribution in [-0.4, -0.2) is 87.4 Å². The number of rotatable bonds is 9. The maximum absolute atomic E-state index is 13.0. The van der Waals surface area contributed by atoms with E-state index in [2.05, 4.69) is 38.6 Å². The number of carbonyl (C=O) groups excluding carboxylic acids is 1. The van der Waals surface area contributed by atoms with Crippen LogP contribution in [0, 0.1) is 17.3 Å². The molecule has 3 fully saturated rings. The summed E-state index contributed by atoms with van der Waals surface area (Å²) in [7, 11) is 0. The first kappa shape index (κ1) is 25.6. The predicted octanol–water partition coefficient (Wildman–Crippen LogP) is 3.46. The molecule has 0 aromatic carbocycles. The minimum Gasteiger partial charge on any atom is -0.465 e. The topological polar surface area (TPSA) is 124 Å². The highest BCUT2D eigenvalue weighted by molar-refractivity contribution is 7.98. The Balaban J connectivity index is 1.02. The van der Waals surface area contributed by atoms with Gasteiger partial charge in [-0.25, -0.2) is 19.7 Å². The second kappa shape index (κ2) is 10.7. The highest BCUT2D eigenvalue weighted by Gasteiger charge is 2.50. The van der Waals surface area contributed by atoms with Crippen LogP contribution < -0.4 is 10.6 Å². The van der Waals surface area contributed by atoms with Gasteiger partial charge in [0.25, 0.3) is 0 Å². The highest BCUT2D eigenvalue weighted by Crippen LogP contribution is 2.49. The number of pyridine rings is 1. The van der Waals surface area contributed by atoms with E-state index in [1.165, 1.54) is 4.90 Å². The number of nitrogens with one attached hydrogen (secondary N) is 2. The SMILES string of the molecule is CSc1cnc(NC[C@H](C)CNc2ccc(C3CC3C(=O)N3CCC4(CC3)CN(C(=O)O)C4)cn2)nc1. The fraction of sp³-hybridized carbons (Fsp3) is 0.577. The Morgan fingerprint density at radius 2 is 1.78 bits per heavy atom. The van der Waals surface area contributed by atoms with Crippen molar-refractivity contribution in [3.05, 3.63) is 36.3 Å². The number of nitrogens with zero attached hydrogens (tertiary/aromatic N) is 5. The maximum atomic E-state index is 13.0. The molecule has 198 valence electrons. The summed E-state index contributed by atoms with van der Waals surface area (Å²) >= 11 is 1.62. The molecule has 3 N–H and O–H groups in total. The molecule has 10 nitrogen and oxygen atoms in total. The second-order valence-corrected chi connectivity index (χ2v) is 11.6. The lowest BCUT2D eigenvalue weighted by Crippen LogP contribution is -2.62. The molecule has 3 atom stereocenters. The van der Waals surface area contributed by atoms with Crippen LogP contribution in [0.5, 0.6) is 0 Å². The second-order valence-electron chi connectivity index (χ2n) is 10.7. The Bertz CT molecular complexity index is 1100. The molecule has 3 aliphatic rings. The Labute approximate surface area is 221 Å². The first-order valence-corrected chi connectivity index (χ1v) is 14.1.